The highest BCUT2D eigenvalue weighted by atomic mass is 35.5. The lowest BCUT2D eigenvalue weighted by molar-refractivity contribution is 0.240. The monoisotopic (exact) mass is 385 g/mol. The first-order chi connectivity index (χ1) is 13.1. The Morgan fingerprint density at radius 1 is 1.15 bits per heavy atom. The molecule has 27 heavy (non-hydrogen) atoms. The highest BCUT2D eigenvalue weighted by molar-refractivity contribution is 6.32. The third-order valence-corrected chi connectivity index (χ3v) is 4.46. The molecule has 0 fully saturated rings. The lowest BCUT2D eigenvalue weighted by atomic mass is 10.1. The number of methoxy groups -OCH3 is 1. The van der Waals surface area contributed by atoms with Crippen LogP contribution in [-0.2, 0) is 13.0 Å². The fourth-order valence-electron chi connectivity index (χ4n) is 2.75. The molecular formula is C20H20ClN3O3. The highest BCUT2D eigenvalue weighted by Crippen LogP contribution is 2.28. The summed E-state index contributed by atoms with van der Waals surface area (Å²) in [6.07, 6.45) is 0.412. The van der Waals surface area contributed by atoms with Gasteiger partial charge < -0.3 is 20.4 Å². The van der Waals surface area contributed by atoms with Crippen LogP contribution < -0.4 is 20.9 Å². The summed E-state index contributed by atoms with van der Waals surface area (Å²) in [5.41, 5.74) is 2.04. The molecule has 1 aromatic heterocycles. The van der Waals surface area contributed by atoms with Crippen molar-refractivity contribution in [1.82, 2.24) is 15.6 Å². The molecule has 7 heteroatoms. The average molecular weight is 386 g/mol. The van der Waals surface area contributed by atoms with Gasteiger partial charge in [-0.2, -0.15) is 0 Å². The number of benzene rings is 2. The van der Waals surface area contributed by atoms with Crippen molar-refractivity contribution in [3.8, 4) is 5.75 Å². The number of fused-ring (bicyclic) bond motifs is 1. The Morgan fingerprint density at radius 3 is 2.67 bits per heavy atom. The average Bonchev–Trinajstić information content (AvgIpc) is 2.67. The number of carbonyl (C=O) groups is 1. The topological polar surface area (TPSA) is 83.2 Å². The van der Waals surface area contributed by atoms with Crippen molar-refractivity contribution < 1.29 is 9.53 Å². The first-order valence-corrected chi connectivity index (χ1v) is 8.89. The second-order valence-electron chi connectivity index (χ2n) is 6.04. The molecule has 1 heterocycles. The molecule has 3 N–H and O–H groups in total. The number of halogens is 1. The zero-order valence-corrected chi connectivity index (χ0v) is 15.6. The molecule has 2 amide bonds. The van der Waals surface area contributed by atoms with Crippen LogP contribution >= 0.6 is 11.6 Å². The van der Waals surface area contributed by atoms with Gasteiger partial charge in [0.25, 0.3) is 5.56 Å². The van der Waals surface area contributed by atoms with Crippen molar-refractivity contribution in [2.24, 2.45) is 0 Å². The smallest absolute Gasteiger partial charge is 0.315 e. The van der Waals surface area contributed by atoms with Crippen LogP contribution in [0.2, 0.25) is 5.02 Å². The van der Waals surface area contributed by atoms with Crippen molar-refractivity contribution in [3.05, 3.63) is 75.0 Å². The van der Waals surface area contributed by atoms with Crippen LogP contribution in [0.3, 0.4) is 0 Å². The molecule has 0 aliphatic carbocycles. The summed E-state index contributed by atoms with van der Waals surface area (Å²) in [7, 11) is 1.54. The summed E-state index contributed by atoms with van der Waals surface area (Å²) < 4.78 is 5.21. The number of urea groups is 1. The van der Waals surface area contributed by atoms with Crippen LogP contribution in [0.1, 0.15) is 11.1 Å². The maximum Gasteiger partial charge on any atom is 0.315 e. The highest BCUT2D eigenvalue weighted by Gasteiger charge is 2.08. The Kier molecular flexibility index (Phi) is 5.98. The van der Waals surface area contributed by atoms with Gasteiger partial charge in [-0.05, 0) is 30.2 Å². The molecule has 0 spiro atoms. The van der Waals surface area contributed by atoms with Crippen LogP contribution in [0.25, 0.3) is 10.9 Å². The van der Waals surface area contributed by atoms with E-state index < -0.39 is 0 Å². The van der Waals surface area contributed by atoms with Gasteiger partial charge in [-0.3, -0.25) is 4.79 Å². The van der Waals surface area contributed by atoms with Gasteiger partial charge in [0.2, 0.25) is 0 Å². The number of carbonyl (C=O) groups excluding carboxylic acids is 1. The summed E-state index contributed by atoms with van der Waals surface area (Å²) in [5, 5.41) is 6.80. The van der Waals surface area contributed by atoms with Gasteiger partial charge >= 0.3 is 6.03 Å². The van der Waals surface area contributed by atoms with E-state index in [1.54, 1.807) is 18.2 Å². The van der Waals surface area contributed by atoms with E-state index in [4.69, 9.17) is 16.3 Å². The van der Waals surface area contributed by atoms with E-state index in [0.717, 1.165) is 10.9 Å². The van der Waals surface area contributed by atoms with E-state index in [9.17, 15) is 9.59 Å². The fourth-order valence-corrected chi connectivity index (χ4v) is 2.99. The van der Waals surface area contributed by atoms with Gasteiger partial charge in [0.05, 0.1) is 17.6 Å². The summed E-state index contributed by atoms with van der Waals surface area (Å²) in [4.78, 5) is 26.9. The van der Waals surface area contributed by atoms with Crippen molar-refractivity contribution in [2.75, 3.05) is 13.7 Å². The minimum atomic E-state index is -0.274. The molecule has 0 radical (unpaired) electrons. The second kappa shape index (κ2) is 8.60. The molecule has 0 saturated heterocycles. The molecule has 0 unspecified atom stereocenters. The Hall–Kier alpha value is -2.99. The SMILES string of the molecule is COc1cc2cc(CCNC(=O)NCc3ccccc3)c(=O)[nH]c2cc1Cl. The van der Waals surface area contributed by atoms with Crippen molar-refractivity contribution in [2.45, 2.75) is 13.0 Å². The minimum absolute atomic E-state index is 0.199. The molecule has 0 aliphatic rings. The number of rotatable bonds is 6. The van der Waals surface area contributed by atoms with E-state index >= 15 is 0 Å². The number of hydrogen-bond acceptors (Lipinski definition) is 3. The standard InChI is InChI=1S/C20H20ClN3O3/c1-27-18-10-15-9-14(19(25)24-17(15)11-16(18)21)7-8-22-20(26)23-12-13-5-3-2-4-6-13/h2-6,9-11H,7-8,12H2,1H3,(H,24,25)(H2,22,23,26). The molecule has 3 aromatic rings. The van der Waals surface area contributed by atoms with Gasteiger partial charge in [-0.1, -0.05) is 41.9 Å². The first kappa shape index (κ1) is 18.8. The predicted molar refractivity (Wildman–Crippen MR) is 107 cm³/mol. The summed E-state index contributed by atoms with van der Waals surface area (Å²) in [6.45, 7) is 0.795. The summed E-state index contributed by atoms with van der Waals surface area (Å²) in [6, 6.07) is 14.6. The van der Waals surface area contributed by atoms with Crippen molar-refractivity contribution in [3.63, 3.8) is 0 Å². The van der Waals surface area contributed by atoms with Crippen LogP contribution in [0, 0.1) is 0 Å². The number of H-pyrrole nitrogens is 1. The number of amides is 2. The predicted octanol–water partition coefficient (Wildman–Crippen LogP) is 3.23. The van der Waals surface area contributed by atoms with E-state index in [1.807, 2.05) is 30.3 Å². The van der Waals surface area contributed by atoms with Gasteiger partial charge in [-0.15, -0.1) is 0 Å². The Morgan fingerprint density at radius 2 is 1.93 bits per heavy atom. The fraction of sp³-hybridized carbons (Fsp3) is 0.200. The normalized spacial score (nSPS) is 10.6. The molecule has 0 bridgehead atoms. The third-order valence-electron chi connectivity index (χ3n) is 4.17. The zero-order valence-electron chi connectivity index (χ0n) is 14.8. The largest absolute Gasteiger partial charge is 0.495 e. The number of aromatic amines is 1. The van der Waals surface area contributed by atoms with Gasteiger partial charge in [-0.25, -0.2) is 4.79 Å². The summed E-state index contributed by atoms with van der Waals surface area (Å²) in [5.74, 6) is 0.542. The van der Waals surface area contributed by atoms with Crippen molar-refractivity contribution in [1.29, 1.82) is 0 Å². The van der Waals surface area contributed by atoms with Gasteiger partial charge in [0, 0.05) is 24.0 Å². The molecule has 0 aliphatic heterocycles. The number of nitrogens with one attached hydrogen (secondary N) is 3. The Labute approximate surface area is 161 Å². The number of pyridine rings is 1. The Bertz CT molecular complexity index is 1000. The minimum Gasteiger partial charge on any atom is -0.495 e. The molecule has 140 valence electrons. The maximum atomic E-state index is 12.2. The number of aromatic nitrogens is 1. The lowest BCUT2D eigenvalue weighted by Gasteiger charge is -2.09. The number of ether oxygens (including phenoxy) is 1. The molecule has 6 nitrogen and oxygen atoms in total. The van der Waals surface area contributed by atoms with E-state index in [1.165, 1.54) is 7.11 Å². The molecule has 0 saturated carbocycles. The Balaban J connectivity index is 1.59. The molecule has 0 atom stereocenters. The van der Waals surface area contributed by atoms with E-state index in [2.05, 4.69) is 15.6 Å². The van der Waals surface area contributed by atoms with E-state index in [-0.39, 0.29) is 11.6 Å². The molecular weight excluding hydrogens is 366 g/mol. The van der Waals surface area contributed by atoms with Crippen LogP contribution in [0.4, 0.5) is 4.79 Å². The summed E-state index contributed by atoms with van der Waals surface area (Å²) >= 11 is 6.09. The van der Waals surface area contributed by atoms with Crippen LogP contribution in [0.5, 0.6) is 5.75 Å². The van der Waals surface area contributed by atoms with Crippen LogP contribution in [-0.4, -0.2) is 24.7 Å². The van der Waals surface area contributed by atoms with Crippen LogP contribution in [0.15, 0.2) is 53.3 Å². The van der Waals surface area contributed by atoms with Crippen molar-refractivity contribution >= 4 is 28.5 Å². The second-order valence-corrected chi connectivity index (χ2v) is 6.45. The quantitative estimate of drug-likeness (QED) is 0.609. The first-order valence-electron chi connectivity index (χ1n) is 8.52. The number of hydrogen-bond donors (Lipinski definition) is 3. The van der Waals surface area contributed by atoms with Gasteiger partial charge in [0.15, 0.2) is 0 Å². The zero-order chi connectivity index (χ0) is 19.2. The van der Waals surface area contributed by atoms with Gasteiger partial charge in [0.1, 0.15) is 5.75 Å². The maximum absolute atomic E-state index is 12.2. The van der Waals surface area contributed by atoms with E-state index in [0.29, 0.717) is 41.4 Å². The third kappa shape index (κ3) is 4.80. The molecule has 2 aromatic carbocycles. The lowest BCUT2D eigenvalue weighted by Crippen LogP contribution is -2.36. The molecule has 3 rings (SSSR count).